The summed E-state index contributed by atoms with van der Waals surface area (Å²) in [4.78, 5) is 28.7. The zero-order valence-electron chi connectivity index (χ0n) is 18.3. The van der Waals surface area contributed by atoms with E-state index < -0.39 is 10.9 Å². The zero-order chi connectivity index (χ0) is 23.0. The molecule has 1 aliphatic heterocycles. The number of anilines is 3. The number of benzene rings is 2. The molecule has 0 bridgehead atoms. The Bertz CT molecular complexity index is 1220. The first-order valence-electron chi connectivity index (χ1n) is 10.5. The van der Waals surface area contributed by atoms with Gasteiger partial charge in [0, 0.05) is 47.8 Å². The van der Waals surface area contributed by atoms with Crippen LogP contribution >= 0.6 is 23.2 Å². The first-order valence-corrected chi connectivity index (χ1v) is 11.3. The number of fused-ring (bicyclic) bond motifs is 1. The lowest BCUT2D eigenvalue weighted by atomic mass is 9.84. The summed E-state index contributed by atoms with van der Waals surface area (Å²) in [5, 5.41) is 7.59. The minimum Gasteiger partial charge on any atom is -0.379 e. The van der Waals surface area contributed by atoms with Crippen LogP contribution in [0.4, 0.5) is 17.1 Å². The van der Waals surface area contributed by atoms with Crippen molar-refractivity contribution in [3.8, 4) is 0 Å². The Balaban J connectivity index is 1.69. The quantitative estimate of drug-likeness (QED) is 0.508. The minimum atomic E-state index is -0.501. The van der Waals surface area contributed by atoms with Crippen molar-refractivity contribution < 1.29 is 0 Å². The van der Waals surface area contributed by atoms with Gasteiger partial charge in [0.05, 0.1) is 0 Å². The van der Waals surface area contributed by atoms with E-state index in [2.05, 4.69) is 22.6 Å². The predicted molar refractivity (Wildman–Crippen MR) is 133 cm³/mol. The summed E-state index contributed by atoms with van der Waals surface area (Å²) in [5.41, 5.74) is 3.63. The van der Waals surface area contributed by atoms with Crippen LogP contribution in [-0.2, 0) is 6.54 Å². The van der Waals surface area contributed by atoms with Gasteiger partial charge in [-0.3, -0.25) is 9.59 Å². The van der Waals surface area contributed by atoms with Gasteiger partial charge in [0.1, 0.15) is 11.4 Å². The Labute approximate surface area is 197 Å². The number of likely N-dealkylation sites (N-methyl/N-ethyl adjacent to an activating group) is 2. The molecule has 0 amide bonds. The second-order valence-electron chi connectivity index (χ2n) is 8.56. The first kappa shape index (κ1) is 22.8. The molecule has 2 N–H and O–H groups in total. The minimum absolute atomic E-state index is 0.0141. The third-order valence-electron chi connectivity index (χ3n) is 5.86. The first-order chi connectivity index (χ1) is 15.3. The highest BCUT2D eigenvalue weighted by atomic mass is 35.5. The van der Waals surface area contributed by atoms with Crippen LogP contribution < -0.4 is 21.5 Å². The van der Waals surface area contributed by atoms with E-state index in [-0.39, 0.29) is 5.92 Å². The third kappa shape index (κ3) is 4.41. The molecule has 0 spiro atoms. The molecule has 0 aliphatic carbocycles. The summed E-state index contributed by atoms with van der Waals surface area (Å²) in [7, 11) is 5.97. The van der Waals surface area contributed by atoms with Crippen molar-refractivity contribution in [1.82, 2.24) is 9.80 Å². The van der Waals surface area contributed by atoms with Gasteiger partial charge in [-0.1, -0.05) is 41.4 Å². The molecule has 1 aliphatic rings. The van der Waals surface area contributed by atoms with Crippen molar-refractivity contribution in [3.63, 3.8) is 0 Å². The fraction of sp³-hybridized carbons (Fsp3) is 0.333. The van der Waals surface area contributed by atoms with Crippen LogP contribution in [0.1, 0.15) is 22.6 Å². The zero-order valence-corrected chi connectivity index (χ0v) is 19.8. The van der Waals surface area contributed by atoms with Crippen LogP contribution in [0, 0.1) is 0 Å². The maximum atomic E-state index is 12.3. The van der Waals surface area contributed by atoms with E-state index in [4.69, 9.17) is 23.2 Å². The summed E-state index contributed by atoms with van der Waals surface area (Å²) in [5.74, 6) is 0.0141. The summed E-state index contributed by atoms with van der Waals surface area (Å²) < 4.78 is 0. The molecule has 32 heavy (non-hydrogen) atoms. The Hall–Kier alpha value is -2.38. The number of nitrogens with one attached hydrogen (secondary N) is 2. The van der Waals surface area contributed by atoms with E-state index in [0.717, 1.165) is 42.0 Å². The lowest BCUT2D eigenvalue weighted by Gasteiger charge is -2.34. The van der Waals surface area contributed by atoms with Gasteiger partial charge in [-0.25, -0.2) is 0 Å². The summed E-state index contributed by atoms with van der Waals surface area (Å²) >= 11 is 12.9. The van der Waals surface area contributed by atoms with Crippen LogP contribution in [0.3, 0.4) is 0 Å². The number of hydrogen-bond acceptors (Lipinski definition) is 6. The second kappa shape index (κ2) is 9.24. The van der Waals surface area contributed by atoms with Gasteiger partial charge in [0.15, 0.2) is 0 Å². The molecule has 1 atom stereocenters. The molecule has 0 fully saturated rings. The Morgan fingerprint density at radius 2 is 1.78 bits per heavy atom. The molecular formula is C24H26Cl2N4O2. The molecule has 4 rings (SSSR count). The van der Waals surface area contributed by atoms with E-state index in [0.29, 0.717) is 28.0 Å². The average Bonchev–Trinajstić information content (AvgIpc) is 2.75. The average molecular weight is 473 g/mol. The van der Waals surface area contributed by atoms with Crippen LogP contribution in [-0.4, -0.2) is 50.6 Å². The van der Waals surface area contributed by atoms with Gasteiger partial charge < -0.3 is 20.4 Å². The molecule has 0 saturated heterocycles. The fourth-order valence-corrected chi connectivity index (χ4v) is 4.81. The summed E-state index contributed by atoms with van der Waals surface area (Å²) in [6.07, 6.45) is 0. The summed E-state index contributed by atoms with van der Waals surface area (Å²) in [6, 6.07) is 11.6. The Morgan fingerprint density at radius 3 is 2.53 bits per heavy atom. The molecule has 1 unspecified atom stereocenters. The maximum absolute atomic E-state index is 12.3. The van der Waals surface area contributed by atoms with E-state index in [1.165, 1.54) is 0 Å². The molecule has 6 nitrogen and oxygen atoms in total. The predicted octanol–water partition coefficient (Wildman–Crippen LogP) is 3.88. The SMILES string of the molecule is CN(C)CCNc1c(Nc2ccccc2C2CN(C)Cc3c(Cl)cc(Cl)cc32)c(=O)c1=O. The van der Waals surface area contributed by atoms with Crippen LogP contribution in [0.2, 0.25) is 10.0 Å². The van der Waals surface area contributed by atoms with Crippen molar-refractivity contribution in [2.45, 2.75) is 12.5 Å². The van der Waals surface area contributed by atoms with Crippen molar-refractivity contribution >= 4 is 40.3 Å². The van der Waals surface area contributed by atoms with Crippen LogP contribution in [0.15, 0.2) is 46.0 Å². The lowest BCUT2D eigenvalue weighted by Crippen LogP contribution is -2.38. The monoisotopic (exact) mass is 472 g/mol. The molecule has 3 aromatic rings. The highest BCUT2D eigenvalue weighted by Gasteiger charge is 2.29. The van der Waals surface area contributed by atoms with Crippen molar-refractivity contribution in [2.75, 3.05) is 51.4 Å². The van der Waals surface area contributed by atoms with Crippen molar-refractivity contribution in [2.24, 2.45) is 0 Å². The molecule has 0 radical (unpaired) electrons. The summed E-state index contributed by atoms with van der Waals surface area (Å²) in [6.45, 7) is 2.85. The number of rotatable bonds is 7. The fourth-order valence-electron chi connectivity index (χ4n) is 4.24. The van der Waals surface area contributed by atoms with Gasteiger partial charge >= 0.3 is 0 Å². The molecule has 1 heterocycles. The Kier molecular flexibility index (Phi) is 6.58. The van der Waals surface area contributed by atoms with Crippen molar-refractivity contribution in [3.05, 3.63) is 83.6 Å². The molecular weight excluding hydrogens is 447 g/mol. The van der Waals surface area contributed by atoms with Gasteiger partial charge in [0.2, 0.25) is 0 Å². The second-order valence-corrected chi connectivity index (χ2v) is 9.40. The van der Waals surface area contributed by atoms with E-state index in [1.807, 2.05) is 49.3 Å². The van der Waals surface area contributed by atoms with Gasteiger partial charge in [-0.05, 0) is 56.0 Å². The molecule has 0 aromatic heterocycles. The van der Waals surface area contributed by atoms with Gasteiger partial charge in [0.25, 0.3) is 10.9 Å². The van der Waals surface area contributed by atoms with Gasteiger partial charge in [-0.15, -0.1) is 0 Å². The molecule has 168 valence electrons. The molecule has 8 heteroatoms. The topological polar surface area (TPSA) is 64.7 Å². The number of nitrogens with zero attached hydrogens (tertiary/aromatic N) is 2. The number of para-hydroxylation sites is 1. The highest BCUT2D eigenvalue weighted by Crippen LogP contribution is 2.41. The standard InChI is InChI=1S/C24H26Cl2N4O2/c1-29(2)9-8-27-21-22(24(32)23(21)31)28-20-7-5-4-6-15(20)17-12-30(3)13-18-16(17)10-14(25)11-19(18)26/h4-7,10-11,17,27-28H,8-9,12-13H2,1-3H3. The Morgan fingerprint density at radius 1 is 1.06 bits per heavy atom. The van der Waals surface area contributed by atoms with Gasteiger partial charge in [-0.2, -0.15) is 0 Å². The van der Waals surface area contributed by atoms with E-state index in [9.17, 15) is 9.59 Å². The van der Waals surface area contributed by atoms with E-state index >= 15 is 0 Å². The van der Waals surface area contributed by atoms with Crippen molar-refractivity contribution in [1.29, 1.82) is 0 Å². The van der Waals surface area contributed by atoms with Crippen LogP contribution in [0.25, 0.3) is 0 Å². The third-order valence-corrected chi connectivity index (χ3v) is 6.41. The molecule has 0 saturated carbocycles. The number of hydrogen-bond donors (Lipinski definition) is 2. The molecule has 3 aromatic carbocycles. The van der Waals surface area contributed by atoms with Crippen LogP contribution in [0.5, 0.6) is 0 Å². The number of halogens is 2. The normalized spacial score (nSPS) is 16.4. The highest BCUT2D eigenvalue weighted by molar-refractivity contribution is 6.35. The lowest BCUT2D eigenvalue weighted by molar-refractivity contribution is 0.295. The largest absolute Gasteiger partial charge is 0.379 e. The van der Waals surface area contributed by atoms with E-state index in [1.54, 1.807) is 6.07 Å². The maximum Gasteiger partial charge on any atom is 0.253 e. The smallest absolute Gasteiger partial charge is 0.253 e.